The highest BCUT2D eigenvalue weighted by molar-refractivity contribution is 5.46. The van der Waals surface area contributed by atoms with E-state index in [2.05, 4.69) is 4.98 Å². The minimum absolute atomic E-state index is 0.0655. The maximum atomic E-state index is 10.8. The van der Waals surface area contributed by atoms with Crippen LogP contribution in [-0.2, 0) is 6.54 Å². The monoisotopic (exact) mass is 259 g/mol. The first-order chi connectivity index (χ1) is 8.40. The second kappa shape index (κ2) is 5.16. The van der Waals surface area contributed by atoms with Crippen LogP contribution in [0.5, 0.6) is 0 Å². The summed E-state index contributed by atoms with van der Waals surface area (Å²) in [4.78, 5) is 32.0. The fraction of sp³-hybridized carbons (Fsp3) is 0.571. The highest BCUT2D eigenvalue weighted by Crippen LogP contribution is 2.31. The Kier molecular flexibility index (Phi) is 3.86. The molecule has 11 nitrogen and oxygen atoms in total. The standard InChI is InChI=1S/C7H9N5O6/c1-2-3-4-9-6(11(15)16)5(10(13)14)8-7(9)12(17)18/h2-4H2,1H3. The highest BCUT2D eigenvalue weighted by atomic mass is 16.6. The molecule has 1 aromatic rings. The average molecular weight is 259 g/mol. The molecular weight excluding hydrogens is 250 g/mol. The predicted octanol–water partition coefficient (Wildman–Crippen LogP) is 1.41. The maximum Gasteiger partial charge on any atom is 0.507 e. The van der Waals surface area contributed by atoms with Gasteiger partial charge in [-0.1, -0.05) is 13.3 Å². The summed E-state index contributed by atoms with van der Waals surface area (Å²) in [5.41, 5.74) is 0. The minimum Gasteiger partial charge on any atom is -0.389 e. The predicted molar refractivity (Wildman–Crippen MR) is 57.1 cm³/mol. The van der Waals surface area contributed by atoms with E-state index in [0.29, 0.717) is 17.4 Å². The van der Waals surface area contributed by atoms with Gasteiger partial charge in [-0.25, -0.2) is 0 Å². The van der Waals surface area contributed by atoms with Gasteiger partial charge in [0.1, 0.15) is 0 Å². The smallest absolute Gasteiger partial charge is 0.389 e. The molecule has 0 aromatic carbocycles. The van der Waals surface area contributed by atoms with Crippen molar-refractivity contribution in [3.63, 3.8) is 0 Å². The van der Waals surface area contributed by atoms with Crippen LogP contribution < -0.4 is 0 Å². The lowest BCUT2D eigenvalue weighted by Gasteiger charge is -1.99. The molecule has 11 heteroatoms. The third-order valence-electron chi connectivity index (χ3n) is 2.15. The molecular formula is C7H9N5O6. The van der Waals surface area contributed by atoms with Crippen LogP contribution in [0.3, 0.4) is 0 Å². The van der Waals surface area contributed by atoms with Crippen LogP contribution >= 0.6 is 0 Å². The fourth-order valence-corrected chi connectivity index (χ4v) is 1.38. The molecule has 0 N–H and O–H groups in total. The molecule has 0 amide bonds. The minimum atomic E-state index is -1.11. The van der Waals surface area contributed by atoms with Crippen molar-refractivity contribution in [2.75, 3.05) is 0 Å². The van der Waals surface area contributed by atoms with Crippen LogP contribution in [0.15, 0.2) is 0 Å². The van der Waals surface area contributed by atoms with E-state index in [1.165, 1.54) is 0 Å². The summed E-state index contributed by atoms with van der Waals surface area (Å²) in [6.07, 6.45) is 1.04. The van der Waals surface area contributed by atoms with Gasteiger partial charge in [0.15, 0.2) is 0 Å². The Morgan fingerprint density at radius 1 is 1.11 bits per heavy atom. The van der Waals surface area contributed by atoms with E-state index >= 15 is 0 Å². The SMILES string of the molecule is CCCCn1c([N+](=O)[O-])nc([N+](=O)[O-])c1[N+](=O)[O-]. The van der Waals surface area contributed by atoms with Crippen molar-refractivity contribution in [1.29, 1.82) is 0 Å². The molecule has 0 fully saturated rings. The van der Waals surface area contributed by atoms with Gasteiger partial charge in [0.05, 0.1) is 11.5 Å². The van der Waals surface area contributed by atoms with Gasteiger partial charge in [0.25, 0.3) is 0 Å². The Morgan fingerprint density at radius 2 is 1.72 bits per heavy atom. The topological polar surface area (TPSA) is 147 Å². The zero-order chi connectivity index (χ0) is 13.9. The molecule has 98 valence electrons. The lowest BCUT2D eigenvalue weighted by atomic mass is 10.3. The van der Waals surface area contributed by atoms with Gasteiger partial charge >= 0.3 is 17.6 Å². The number of nitro groups is 3. The van der Waals surface area contributed by atoms with Gasteiger partial charge < -0.3 is 30.3 Å². The van der Waals surface area contributed by atoms with Crippen LogP contribution in [0.25, 0.3) is 0 Å². The van der Waals surface area contributed by atoms with E-state index < -0.39 is 32.4 Å². The van der Waals surface area contributed by atoms with Crippen LogP contribution in [0.4, 0.5) is 17.6 Å². The lowest BCUT2D eigenvalue weighted by Crippen LogP contribution is -2.07. The van der Waals surface area contributed by atoms with Crippen molar-refractivity contribution in [1.82, 2.24) is 9.55 Å². The number of hydrogen-bond donors (Lipinski definition) is 0. The van der Waals surface area contributed by atoms with E-state index in [1.54, 1.807) is 6.92 Å². The number of unbranched alkanes of at least 4 members (excludes halogenated alkanes) is 1. The quantitative estimate of drug-likeness (QED) is 0.553. The van der Waals surface area contributed by atoms with Crippen molar-refractivity contribution in [3.05, 3.63) is 30.3 Å². The van der Waals surface area contributed by atoms with Gasteiger partial charge in [0, 0.05) is 0 Å². The van der Waals surface area contributed by atoms with Gasteiger partial charge in [-0.3, -0.25) is 0 Å². The summed E-state index contributed by atoms with van der Waals surface area (Å²) < 4.78 is 0.654. The number of hydrogen-bond acceptors (Lipinski definition) is 7. The third kappa shape index (κ3) is 2.39. The molecule has 0 saturated heterocycles. The van der Waals surface area contributed by atoms with Gasteiger partial charge in [-0.15, -0.1) is 4.57 Å². The summed E-state index contributed by atoms with van der Waals surface area (Å²) in [5.74, 6) is -2.95. The summed E-state index contributed by atoms with van der Waals surface area (Å²) in [5, 5.41) is 32.0. The number of rotatable bonds is 6. The van der Waals surface area contributed by atoms with Gasteiger partial charge in [0.2, 0.25) is 0 Å². The molecule has 0 spiro atoms. The van der Waals surface area contributed by atoms with Crippen LogP contribution in [0, 0.1) is 30.3 Å². The van der Waals surface area contributed by atoms with Crippen molar-refractivity contribution < 1.29 is 14.8 Å². The maximum absolute atomic E-state index is 10.8. The highest BCUT2D eigenvalue weighted by Gasteiger charge is 2.39. The Labute approximate surface area is 99.5 Å². The van der Waals surface area contributed by atoms with E-state index in [1.807, 2.05) is 0 Å². The molecule has 1 rings (SSSR count). The summed E-state index contributed by atoms with van der Waals surface area (Å²) in [6, 6.07) is 0. The first kappa shape index (κ1) is 13.5. The molecule has 0 atom stereocenters. The third-order valence-corrected chi connectivity index (χ3v) is 2.15. The Morgan fingerprint density at radius 3 is 2.11 bits per heavy atom. The van der Waals surface area contributed by atoms with E-state index in [0.717, 1.165) is 0 Å². The molecule has 0 bridgehead atoms. The second-order valence-electron chi connectivity index (χ2n) is 3.34. The lowest BCUT2D eigenvalue weighted by molar-refractivity contribution is -0.429. The van der Waals surface area contributed by atoms with Crippen molar-refractivity contribution >= 4 is 17.6 Å². The molecule has 1 heterocycles. The zero-order valence-electron chi connectivity index (χ0n) is 9.31. The first-order valence-corrected chi connectivity index (χ1v) is 4.93. The molecule has 0 aliphatic rings. The number of aromatic nitrogens is 2. The van der Waals surface area contributed by atoms with Crippen LogP contribution in [0.1, 0.15) is 19.8 Å². The molecule has 1 aromatic heterocycles. The van der Waals surface area contributed by atoms with Gasteiger partial charge in [-0.2, -0.15) is 0 Å². The summed E-state index contributed by atoms with van der Waals surface area (Å²) in [6.45, 7) is 1.72. The normalized spacial score (nSPS) is 10.3. The van der Waals surface area contributed by atoms with Gasteiger partial charge in [-0.05, 0) is 21.2 Å². The summed E-state index contributed by atoms with van der Waals surface area (Å²) in [7, 11) is 0. The van der Waals surface area contributed by atoms with Crippen molar-refractivity contribution in [3.8, 4) is 0 Å². The van der Waals surface area contributed by atoms with Crippen molar-refractivity contribution in [2.24, 2.45) is 0 Å². The molecule has 0 radical (unpaired) electrons. The molecule has 18 heavy (non-hydrogen) atoms. The first-order valence-electron chi connectivity index (χ1n) is 4.93. The summed E-state index contributed by atoms with van der Waals surface area (Å²) >= 11 is 0. The van der Waals surface area contributed by atoms with E-state index in [-0.39, 0.29) is 6.54 Å². The van der Waals surface area contributed by atoms with Crippen molar-refractivity contribution in [2.45, 2.75) is 26.3 Å². The van der Waals surface area contributed by atoms with E-state index in [4.69, 9.17) is 0 Å². The molecule has 0 aliphatic heterocycles. The number of imidazole rings is 1. The average Bonchev–Trinajstić information content (AvgIpc) is 2.65. The van der Waals surface area contributed by atoms with Crippen LogP contribution in [-0.4, -0.2) is 24.3 Å². The second-order valence-corrected chi connectivity index (χ2v) is 3.34. The molecule has 0 saturated carbocycles. The Balaban J connectivity index is 3.44. The fourth-order valence-electron chi connectivity index (χ4n) is 1.38. The molecule has 0 unspecified atom stereocenters. The number of nitrogens with zero attached hydrogens (tertiary/aromatic N) is 5. The Bertz CT molecular complexity index is 509. The zero-order valence-corrected chi connectivity index (χ0v) is 9.31. The van der Waals surface area contributed by atoms with Crippen LogP contribution in [0.2, 0.25) is 0 Å². The van der Waals surface area contributed by atoms with E-state index in [9.17, 15) is 30.3 Å². The Hall–Kier alpha value is -2.59. The largest absolute Gasteiger partial charge is 0.507 e. The molecule has 0 aliphatic carbocycles.